The van der Waals surface area contributed by atoms with E-state index in [0.717, 1.165) is 11.1 Å². The second-order valence-electron chi connectivity index (χ2n) is 5.16. The van der Waals surface area contributed by atoms with Crippen LogP contribution >= 0.6 is 0 Å². The molecule has 2 heterocycles. The Morgan fingerprint density at radius 1 is 1.25 bits per heavy atom. The first-order valence-electron chi connectivity index (χ1n) is 6.66. The van der Waals surface area contributed by atoms with Gasteiger partial charge in [-0.2, -0.15) is 5.10 Å². The molecule has 0 aliphatic rings. The second kappa shape index (κ2) is 5.06. The highest BCUT2D eigenvalue weighted by Crippen LogP contribution is 2.24. The Hall–Kier alpha value is -2.20. The Labute approximate surface area is 117 Å². The smallest absolute Gasteiger partial charge is 0.0903 e. The molecule has 4 nitrogen and oxygen atoms in total. The van der Waals surface area contributed by atoms with Crippen molar-refractivity contribution in [3.8, 4) is 0 Å². The predicted octanol–water partition coefficient (Wildman–Crippen LogP) is 2.62. The van der Waals surface area contributed by atoms with Gasteiger partial charge < -0.3 is 5.11 Å². The van der Waals surface area contributed by atoms with Crippen LogP contribution in [0, 0.1) is 13.8 Å². The van der Waals surface area contributed by atoms with Gasteiger partial charge in [-0.25, -0.2) is 4.52 Å². The van der Waals surface area contributed by atoms with Crippen molar-refractivity contribution >= 4 is 5.52 Å². The Kier molecular flexibility index (Phi) is 3.24. The predicted molar refractivity (Wildman–Crippen MR) is 77.6 cm³/mol. The average molecular weight is 267 g/mol. The number of hydrogen-bond donors (Lipinski definition) is 1. The highest BCUT2D eigenvalue weighted by molar-refractivity contribution is 5.53. The minimum atomic E-state index is -0.572. The maximum atomic E-state index is 10.5. The van der Waals surface area contributed by atoms with Crippen LogP contribution in [0.3, 0.4) is 0 Å². The van der Waals surface area contributed by atoms with E-state index >= 15 is 0 Å². The first-order chi connectivity index (χ1) is 9.65. The van der Waals surface area contributed by atoms with Gasteiger partial charge in [0.15, 0.2) is 0 Å². The number of aryl methyl sites for hydroxylation is 2. The summed E-state index contributed by atoms with van der Waals surface area (Å²) in [5.74, 6) is 0. The summed E-state index contributed by atoms with van der Waals surface area (Å²) in [6.07, 6.45) is 6.92. The number of aliphatic hydroxyl groups is 1. The zero-order valence-electron chi connectivity index (χ0n) is 11.6. The topological polar surface area (TPSA) is 50.4 Å². The van der Waals surface area contributed by atoms with Crippen LogP contribution in [0.25, 0.3) is 5.52 Å². The number of nitrogens with zero attached hydrogens (tertiary/aromatic N) is 3. The number of aromatic nitrogens is 3. The highest BCUT2D eigenvalue weighted by atomic mass is 16.3. The molecule has 3 rings (SSSR count). The van der Waals surface area contributed by atoms with Gasteiger partial charge >= 0.3 is 0 Å². The normalized spacial score (nSPS) is 12.8. The molecule has 2 aromatic heterocycles. The van der Waals surface area contributed by atoms with E-state index < -0.39 is 6.10 Å². The molecule has 0 aliphatic carbocycles. The summed E-state index contributed by atoms with van der Waals surface area (Å²) in [4.78, 5) is 4.09. The Morgan fingerprint density at radius 2 is 2.10 bits per heavy atom. The lowest BCUT2D eigenvalue weighted by Crippen LogP contribution is -2.03. The van der Waals surface area contributed by atoms with E-state index in [2.05, 4.69) is 42.1 Å². The molecular weight excluding hydrogens is 250 g/mol. The van der Waals surface area contributed by atoms with Gasteiger partial charge in [-0.1, -0.05) is 23.8 Å². The molecule has 1 aromatic carbocycles. The number of hydrogen-bond acceptors (Lipinski definition) is 3. The van der Waals surface area contributed by atoms with Crippen molar-refractivity contribution in [1.82, 2.24) is 14.6 Å². The molecule has 1 unspecified atom stereocenters. The third kappa shape index (κ3) is 2.30. The summed E-state index contributed by atoms with van der Waals surface area (Å²) < 4.78 is 1.73. The first-order valence-corrected chi connectivity index (χ1v) is 6.66. The monoisotopic (exact) mass is 267 g/mol. The summed E-state index contributed by atoms with van der Waals surface area (Å²) in [7, 11) is 0. The van der Waals surface area contributed by atoms with Crippen LogP contribution in [0.5, 0.6) is 0 Å². The van der Waals surface area contributed by atoms with E-state index in [1.54, 1.807) is 29.3 Å². The SMILES string of the molecule is Cc1ccc(C)c(CC(O)c2cnn3ccncc23)c1. The van der Waals surface area contributed by atoms with Crippen molar-refractivity contribution < 1.29 is 5.11 Å². The molecule has 1 N–H and O–H groups in total. The molecule has 0 saturated heterocycles. The van der Waals surface area contributed by atoms with Crippen molar-refractivity contribution in [3.63, 3.8) is 0 Å². The fourth-order valence-corrected chi connectivity index (χ4v) is 2.45. The average Bonchev–Trinajstić information content (AvgIpc) is 2.87. The zero-order valence-corrected chi connectivity index (χ0v) is 11.6. The lowest BCUT2D eigenvalue weighted by molar-refractivity contribution is 0.179. The van der Waals surface area contributed by atoms with Gasteiger partial charge in [0.25, 0.3) is 0 Å². The van der Waals surface area contributed by atoms with Crippen molar-refractivity contribution in [1.29, 1.82) is 0 Å². The molecule has 0 amide bonds. The Balaban J connectivity index is 1.93. The van der Waals surface area contributed by atoms with Crippen LogP contribution in [0.1, 0.15) is 28.4 Å². The molecule has 0 fully saturated rings. The quantitative estimate of drug-likeness (QED) is 0.793. The van der Waals surface area contributed by atoms with Gasteiger partial charge in [-0.15, -0.1) is 0 Å². The highest BCUT2D eigenvalue weighted by Gasteiger charge is 2.15. The van der Waals surface area contributed by atoms with E-state index in [4.69, 9.17) is 0 Å². The Bertz CT molecular complexity index is 748. The summed E-state index contributed by atoms with van der Waals surface area (Å²) in [5, 5.41) is 14.7. The molecule has 0 spiro atoms. The van der Waals surface area contributed by atoms with Crippen LogP contribution in [-0.2, 0) is 6.42 Å². The van der Waals surface area contributed by atoms with Gasteiger partial charge in [0.1, 0.15) is 0 Å². The third-order valence-corrected chi connectivity index (χ3v) is 3.63. The summed E-state index contributed by atoms with van der Waals surface area (Å²) in [5.41, 5.74) is 5.24. The fourth-order valence-electron chi connectivity index (χ4n) is 2.45. The van der Waals surface area contributed by atoms with Crippen molar-refractivity contribution in [3.05, 3.63) is 65.2 Å². The standard InChI is InChI=1S/C16H17N3O/c1-11-3-4-12(2)13(7-11)8-16(20)14-9-18-19-6-5-17-10-15(14)19/h3-7,9-10,16,20H,8H2,1-2H3. The third-order valence-electron chi connectivity index (χ3n) is 3.63. The van der Waals surface area contributed by atoms with E-state index in [9.17, 15) is 5.11 Å². The maximum Gasteiger partial charge on any atom is 0.0903 e. The second-order valence-corrected chi connectivity index (χ2v) is 5.16. The van der Waals surface area contributed by atoms with Gasteiger partial charge in [0.05, 0.1) is 24.0 Å². The molecule has 20 heavy (non-hydrogen) atoms. The van der Waals surface area contributed by atoms with Crippen LogP contribution in [0.15, 0.2) is 43.0 Å². The maximum absolute atomic E-state index is 10.5. The molecule has 0 saturated carbocycles. The number of fused-ring (bicyclic) bond motifs is 1. The van der Waals surface area contributed by atoms with Gasteiger partial charge in [0, 0.05) is 24.4 Å². The summed E-state index contributed by atoms with van der Waals surface area (Å²) in [6.45, 7) is 4.13. The van der Waals surface area contributed by atoms with Gasteiger partial charge in [-0.05, 0) is 25.0 Å². The van der Waals surface area contributed by atoms with E-state index in [1.807, 2.05) is 0 Å². The van der Waals surface area contributed by atoms with Gasteiger partial charge in [0.2, 0.25) is 0 Å². The van der Waals surface area contributed by atoms with Crippen molar-refractivity contribution in [2.45, 2.75) is 26.4 Å². The minimum Gasteiger partial charge on any atom is -0.388 e. The summed E-state index contributed by atoms with van der Waals surface area (Å²) in [6, 6.07) is 6.31. The summed E-state index contributed by atoms with van der Waals surface area (Å²) >= 11 is 0. The molecule has 3 aromatic rings. The van der Waals surface area contributed by atoms with E-state index in [-0.39, 0.29) is 0 Å². The lowest BCUT2D eigenvalue weighted by Gasteiger charge is -2.12. The molecule has 102 valence electrons. The van der Waals surface area contributed by atoms with Crippen LogP contribution in [0.2, 0.25) is 0 Å². The fraction of sp³-hybridized carbons (Fsp3) is 0.250. The van der Waals surface area contributed by atoms with Crippen LogP contribution < -0.4 is 0 Å². The number of rotatable bonds is 3. The minimum absolute atomic E-state index is 0.572. The largest absolute Gasteiger partial charge is 0.388 e. The lowest BCUT2D eigenvalue weighted by atomic mass is 9.97. The van der Waals surface area contributed by atoms with Crippen LogP contribution in [0.4, 0.5) is 0 Å². The van der Waals surface area contributed by atoms with E-state index in [1.165, 1.54) is 16.7 Å². The molecule has 0 bridgehead atoms. The molecule has 0 radical (unpaired) electrons. The van der Waals surface area contributed by atoms with Crippen molar-refractivity contribution in [2.75, 3.05) is 0 Å². The number of aliphatic hydroxyl groups excluding tert-OH is 1. The zero-order chi connectivity index (χ0) is 14.1. The van der Waals surface area contributed by atoms with Gasteiger partial charge in [-0.3, -0.25) is 4.98 Å². The molecular formula is C16H17N3O. The first kappa shape index (κ1) is 12.8. The number of benzene rings is 1. The van der Waals surface area contributed by atoms with Crippen LogP contribution in [-0.4, -0.2) is 19.7 Å². The van der Waals surface area contributed by atoms with Crippen molar-refractivity contribution in [2.24, 2.45) is 0 Å². The molecule has 0 aliphatic heterocycles. The molecule has 1 atom stereocenters. The molecule has 4 heteroatoms. The Morgan fingerprint density at radius 3 is 2.95 bits per heavy atom. The van der Waals surface area contributed by atoms with E-state index in [0.29, 0.717) is 6.42 Å².